The topological polar surface area (TPSA) is 15.3 Å². The molecule has 0 aromatic carbocycles. The summed E-state index contributed by atoms with van der Waals surface area (Å²) < 4.78 is 0. The van der Waals surface area contributed by atoms with Gasteiger partial charge in [0.25, 0.3) is 0 Å². The quantitative estimate of drug-likeness (QED) is 0.741. The largest absolute Gasteiger partial charge is 0.318 e. The van der Waals surface area contributed by atoms with Crippen LogP contribution >= 0.6 is 0 Å². The molecule has 0 bridgehead atoms. The molecule has 0 spiro atoms. The van der Waals surface area contributed by atoms with E-state index in [1.165, 1.54) is 51.6 Å². The maximum atomic E-state index is 3.27. The summed E-state index contributed by atoms with van der Waals surface area (Å²) in [6.45, 7) is 3.77. The molecule has 2 heteroatoms. The molecular formula is C12H24N2. The van der Waals surface area contributed by atoms with Gasteiger partial charge in [0, 0.05) is 19.1 Å². The molecule has 2 rings (SSSR count). The molecule has 1 aliphatic carbocycles. The fraction of sp³-hybridized carbons (Fsp3) is 1.00. The van der Waals surface area contributed by atoms with Gasteiger partial charge in [-0.25, -0.2) is 0 Å². The minimum absolute atomic E-state index is 0.936. The van der Waals surface area contributed by atoms with Gasteiger partial charge in [-0.05, 0) is 45.2 Å². The first-order valence-electron chi connectivity index (χ1n) is 6.30. The summed E-state index contributed by atoms with van der Waals surface area (Å²) in [5.41, 5.74) is 0. The van der Waals surface area contributed by atoms with Crippen LogP contribution < -0.4 is 5.32 Å². The van der Waals surface area contributed by atoms with Crippen molar-refractivity contribution in [1.29, 1.82) is 0 Å². The van der Waals surface area contributed by atoms with Gasteiger partial charge in [0.05, 0.1) is 0 Å². The molecule has 2 atom stereocenters. The highest BCUT2D eigenvalue weighted by atomic mass is 15.2. The lowest BCUT2D eigenvalue weighted by Gasteiger charge is -2.44. The molecule has 14 heavy (non-hydrogen) atoms. The Labute approximate surface area is 88.1 Å². The SMILES string of the molecule is CNCCN1CCCC2CCCCC21. The number of hydrogen-bond acceptors (Lipinski definition) is 2. The fourth-order valence-electron chi connectivity index (χ4n) is 3.26. The third-order valence-electron chi connectivity index (χ3n) is 4.01. The van der Waals surface area contributed by atoms with E-state index in [-0.39, 0.29) is 0 Å². The first-order valence-corrected chi connectivity index (χ1v) is 6.30. The van der Waals surface area contributed by atoms with Gasteiger partial charge >= 0.3 is 0 Å². The summed E-state index contributed by atoms with van der Waals surface area (Å²) in [7, 11) is 2.06. The average Bonchev–Trinajstić information content (AvgIpc) is 2.26. The fourth-order valence-corrected chi connectivity index (χ4v) is 3.26. The smallest absolute Gasteiger partial charge is 0.0124 e. The van der Waals surface area contributed by atoms with Gasteiger partial charge in [-0.3, -0.25) is 4.90 Å². The molecule has 1 aliphatic heterocycles. The van der Waals surface area contributed by atoms with Crippen LogP contribution in [0.4, 0.5) is 0 Å². The number of likely N-dealkylation sites (tertiary alicyclic amines) is 1. The molecule has 82 valence electrons. The van der Waals surface area contributed by atoms with Crippen molar-refractivity contribution in [3.05, 3.63) is 0 Å². The van der Waals surface area contributed by atoms with Gasteiger partial charge < -0.3 is 5.32 Å². The summed E-state index contributed by atoms with van der Waals surface area (Å²) in [6, 6.07) is 0.936. The number of likely N-dealkylation sites (N-methyl/N-ethyl adjacent to an activating group) is 1. The second-order valence-corrected chi connectivity index (χ2v) is 4.89. The van der Waals surface area contributed by atoms with Crippen molar-refractivity contribution < 1.29 is 0 Å². The summed E-state index contributed by atoms with van der Waals surface area (Å²) in [6.07, 6.45) is 8.86. The van der Waals surface area contributed by atoms with Gasteiger partial charge in [-0.15, -0.1) is 0 Å². The maximum absolute atomic E-state index is 3.27. The number of rotatable bonds is 3. The van der Waals surface area contributed by atoms with E-state index in [4.69, 9.17) is 0 Å². The van der Waals surface area contributed by atoms with Gasteiger partial charge in [0.2, 0.25) is 0 Å². The van der Waals surface area contributed by atoms with E-state index >= 15 is 0 Å². The molecule has 2 aliphatic rings. The van der Waals surface area contributed by atoms with Crippen molar-refractivity contribution in [3.63, 3.8) is 0 Å². The zero-order chi connectivity index (χ0) is 9.80. The van der Waals surface area contributed by atoms with Crippen LogP contribution in [0.3, 0.4) is 0 Å². The van der Waals surface area contributed by atoms with E-state index < -0.39 is 0 Å². The predicted molar refractivity (Wildman–Crippen MR) is 60.5 cm³/mol. The van der Waals surface area contributed by atoms with Crippen LogP contribution in [0.25, 0.3) is 0 Å². The highest BCUT2D eigenvalue weighted by molar-refractivity contribution is 4.87. The van der Waals surface area contributed by atoms with Crippen LogP contribution in [0, 0.1) is 5.92 Å². The van der Waals surface area contributed by atoms with Crippen molar-refractivity contribution in [2.45, 2.75) is 44.6 Å². The van der Waals surface area contributed by atoms with Crippen molar-refractivity contribution in [2.75, 3.05) is 26.7 Å². The zero-order valence-electron chi connectivity index (χ0n) is 9.47. The van der Waals surface area contributed by atoms with Crippen molar-refractivity contribution in [2.24, 2.45) is 5.92 Å². The Balaban J connectivity index is 1.88. The van der Waals surface area contributed by atoms with Gasteiger partial charge in [-0.1, -0.05) is 12.8 Å². The Bertz CT molecular complexity index is 168. The Morgan fingerprint density at radius 1 is 1.14 bits per heavy atom. The standard InChI is InChI=1S/C12H24N2/c1-13-8-10-14-9-4-6-11-5-2-3-7-12(11)14/h11-13H,2-10H2,1H3. The number of nitrogens with zero attached hydrogens (tertiary/aromatic N) is 1. The van der Waals surface area contributed by atoms with Crippen LogP contribution in [-0.4, -0.2) is 37.6 Å². The summed E-state index contributed by atoms with van der Waals surface area (Å²) in [5, 5.41) is 3.27. The number of hydrogen-bond donors (Lipinski definition) is 1. The van der Waals surface area contributed by atoms with E-state index in [9.17, 15) is 0 Å². The molecule has 1 saturated heterocycles. The lowest BCUT2D eigenvalue weighted by Crippen LogP contribution is -2.48. The molecule has 1 saturated carbocycles. The average molecular weight is 196 g/mol. The Kier molecular flexibility index (Phi) is 3.82. The van der Waals surface area contributed by atoms with Crippen molar-refractivity contribution in [3.8, 4) is 0 Å². The third-order valence-corrected chi connectivity index (χ3v) is 4.01. The number of nitrogens with one attached hydrogen (secondary N) is 1. The van der Waals surface area contributed by atoms with E-state index in [0.717, 1.165) is 18.5 Å². The molecule has 1 heterocycles. The molecule has 0 aromatic rings. The van der Waals surface area contributed by atoms with Crippen molar-refractivity contribution >= 4 is 0 Å². The third kappa shape index (κ3) is 2.29. The highest BCUT2D eigenvalue weighted by Crippen LogP contribution is 2.34. The first-order chi connectivity index (χ1) is 6.92. The second-order valence-electron chi connectivity index (χ2n) is 4.89. The molecule has 0 radical (unpaired) electrons. The molecule has 0 amide bonds. The molecule has 2 unspecified atom stereocenters. The summed E-state index contributed by atoms with van der Waals surface area (Å²) >= 11 is 0. The normalized spacial score (nSPS) is 34.1. The maximum Gasteiger partial charge on any atom is 0.0124 e. The Morgan fingerprint density at radius 2 is 1.93 bits per heavy atom. The number of piperidine rings is 1. The van der Waals surface area contributed by atoms with E-state index in [0.29, 0.717) is 0 Å². The lowest BCUT2D eigenvalue weighted by atomic mass is 9.78. The van der Waals surface area contributed by atoms with Crippen LogP contribution in [0.5, 0.6) is 0 Å². The highest BCUT2D eigenvalue weighted by Gasteiger charge is 2.32. The molecular weight excluding hydrogens is 172 g/mol. The van der Waals surface area contributed by atoms with Crippen LogP contribution in [0.2, 0.25) is 0 Å². The van der Waals surface area contributed by atoms with E-state index in [1.54, 1.807) is 0 Å². The predicted octanol–water partition coefficient (Wildman–Crippen LogP) is 1.86. The molecule has 0 aromatic heterocycles. The van der Waals surface area contributed by atoms with Crippen LogP contribution in [-0.2, 0) is 0 Å². The van der Waals surface area contributed by atoms with E-state index in [1.807, 2.05) is 0 Å². The van der Waals surface area contributed by atoms with Crippen LogP contribution in [0.1, 0.15) is 38.5 Å². The number of fused-ring (bicyclic) bond motifs is 1. The van der Waals surface area contributed by atoms with Gasteiger partial charge in [-0.2, -0.15) is 0 Å². The Morgan fingerprint density at radius 3 is 2.79 bits per heavy atom. The van der Waals surface area contributed by atoms with Gasteiger partial charge in [0.1, 0.15) is 0 Å². The lowest BCUT2D eigenvalue weighted by molar-refractivity contribution is 0.0623. The molecule has 2 nitrogen and oxygen atoms in total. The second kappa shape index (κ2) is 5.13. The summed E-state index contributed by atoms with van der Waals surface area (Å²) in [5.74, 6) is 1.04. The van der Waals surface area contributed by atoms with Crippen LogP contribution in [0.15, 0.2) is 0 Å². The molecule has 2 fully saturated rings. The van der Waals surface area contributed by atoms with E-state index in [2.05, 4.69) is 17.3 Å². The molecule has 1 N–H and O–H groups in total. The zero-order valence-corrected chi connectivity index (χ0v) is 9.47. The minimum Gasteiger partial charge on any atom is -0.318 e. The monoisotopic (exact) mass is 196 g/mol. The minimum atomic E-state index is 0.936. The Hall–Kier alpha value is -0.0800. The first kappa shape index (κ1) is 10.4. The summed E-state index contributed by atoms with van der Waals surface area (Å²) in [4.78, 5) is 2.74. The van der Waals surface area contributed by atoms with Crippen molar-refractivity contribution in [1.82, 2.24) is 10.2 Å². The van der Waals surface area contributed by atoms with Gasteiger partial charge in [0.15, 0.2) is 0 Å².